The smallest absolute Gasteiger partial charge is 0.246 e. The van der Waals surface area contributed by atoms with Crippen LogP contribution >= 0.6 is 12.2 Å². The molecule has 1 aromatic heterocycles. The highest BCUT2D eigenvalue weighted by Gasteiger charge is 2.16. The predicted octanol–water partition coefficient (Wildman–Crippen LogP) is 5.49. The standard InChI is InChI=1S/C26H26N4O2S/c1-3-20-12-14-22(15-13-20)30-24(18-32-23-10-5-4-6-11-23)28-29(26(30)33)17-25(31)27-21-9-7-8-19(2)16-21/h4-16H,3,17-18H2,1-2H3,(H,27,31). The minimum atomic E-state index is -0.196. The van der Waals surface area contributed by atoms with Crippen LogP contribution in [0.3, 0.4) is 0 Å². The van der Waals surface area contributed by atoms with Crippen molar-refractivity contribution in [1.29, 1.82) is 0 Å². The minimum Gasteiger partial charge on any atom is -0.486 e. The third kappa shape index (κ3) is 5.56. The normalized spacial score (nSPS) is 10.7. The number of carbonyl (C=O) groups excluding carboxylic acids is 1. The molecule has 0 aliphatic heterocycles. The molecule has 4 rings (SSSR count). The first-order valence-electron chi connectivity index (χ1n) is 10.9. The number of aryl methyl sites for hydroxylation is 2. The molecule has 0 fully saturated rings. The number of benzene rings is 3. The molecule has 0 aliphatic carbocycles. The van der Waals surface area contributed by atoms with E-state index < -0.39 is 0 Å². The molecular weight excluding hydrogens is 432 g/mol. The topological polar surface area (TPSA) is 61.1 Å². The Hall–Kier alpha value is -3.71. The zero-order chi connectivity index (χ0) is 23.2. The fraction of sp³-hybridized carbons (Fsp3) is 0.192. The highest BCUT2D eigenvalue weighted by Crippen LogP contribution is 2.17. The lowest BCUT2D eigenvalue weighted by molar-refractivity contribution is -0.116. The van der Waals surface area contributed by atoms with Gasteiger partial charge in [-0.05, 0) is 73.1 Å². The Morgan fingerprint density at radius 1 is 1.03 bits per heavy atom. The Kier molecular flexibility index (Phi) is 7.00. The van der Waals surface area contributed by atoms with Crippen molar-refractivity contribution in [2.24, 2.45) is 0 Å². The summed E-state index contributed by atoms with van der Waals surface area (Å²) < 4.78 is 9.77. The fourth-order valence-corrected chi connectivity index (χ4v) is 3.83. The number of nitrogens with one attached hydrogen (secondary N) is 1. The average molecular weight is 459 g/mol. The summed E-state index contributed by atoms with van der Waals surface area (Å²) in [4.78, 5) is 12.7. The van der Waals surface area contributed by atoms with Gasteiger partial charge in [-0.1, -0.05) is 49.4 Å². The Morgan fingerprint density at radius 2 is 1.79 bits per heavy atom. The van der Waals surface area contributed by atoms with E-state index in [1.165, 1.54) is 10.2 Å². The van der Waals surface area contributed by atoms with Crippen LogP contribution in [0.15, 0.2) is 78.9 Å². The maximum atomic E-state index is 12.7. The summed E-state index contributed by atoms with van der Waals surface area (Å²) in [6.45, 7) is 4.32. The van der Waals surface area contributed by atoms with E-state index >= 15 is 0 Å². The number of rotatable bonds is 8. The molecule has 1 N–H and O–H groups in total. The van der Waals surface area contributed by atoms with Gasteiger partial charge in [0.25, 0.3) is 0 Å². The zero-order valence-corrected chi connectivity index (χ0v) is 19.5. The van der Waals surface area contributed by atoms with Crippen LogP contribution in [0.2, 0.25) is 0 Å². The van der Waals surface area contributed by atoms with Gasteiger partial charge in [0, 0.05) is 11.4 Å². The van der Waals surface area contributed by atoms with Crippen molar-refractivity contribution in [2.45, 2.75) is 33.4 Å². The van der Waals surface area contributed by atoms with Crippen molar-refractivity contribution >= 4 is 23.8 Å². The van der Waals surface area contributed by atoms with Crippen LogP contribution in [0.1, 0.15) is 23.9 Å². The number of carbonyl (C=O) groups is 1. The largest absolute Gasteiger partial charge is 0.486 e. The van der Waals surface area contributed by atoms with E-state index in [4.69, 9.17) is 17.0 Å². The number of ether oxygens (including phenoxy) is 1. The van der Waals surface area contributed by atoms with E-state index in [0.717, 1.165) is 29.1 Å². The quantitative estimate of drug-likeness (QED) is 0.355. The number of aromatic nitrogens is 3. The van der Waals surface area contributed by atoms with Gasteiger partial charge in [0.1, 0.15) is 18.9 Å². The number of para-hydroxylation sites is 1. The monoisotopic (exact) mass is 458 g/mol. The lowest BCUT2D eigenvalue weighted by Crippen LogP contribution is -2.20. The summed E-state index contributed by atoms with van der Waals surface area (Å²) in [5.74, 6) is 1.16. The van der Waals surface area contributed by atoms with Gasteiger partial charge in [-0.25, -0.2) is 4.68 Å². The van der Waals surface area contributed by atoms with Gasteiger partial charge in [-0.3, -0.25) is 9.36 Å². The van der Waals surface area contributed by atoms with Gasteiger partial charge < -0.3 is 10.1 Å². The van der Waals surface area contributed by atoms with Crippen LogP contribution in [-0.2, 0) is 24.4 Å². The molecule has 1 amide bonds. The van der Waals surface area contributed by atoms with Gasteiger partial charge in [0.15, 0.2) is 5.82 Å². The molecule has 33 heavy (non-hydrogen) atoms. The number of anilines is 1. The molecule has 0 aliphatic rings. The lowest BCUT2D eigenvalue weighted by Gasteiger charge is -2.09. The van der Waals surface area contributed by atoms with Crippen molar-refractivity contribution < 1.29 is 9.53 Å². The van der Waals surface area contributed by atoms with Crippen LogP contribution in [-0.4, -0.2) is 20.3 Å². The van der Waals surface area contributed by atoms with Crippen molar-refractivity contribution in [1.82, 2.24) is 14.3 Å². The first kappa shape index (κ1) is 22.5. The minimum absolute atomic E-state index is 0.00511. The highest BCUT2D eigenvalue weighted by atomic mass is 32.1. The second-order valence-electron chi connectivity index (χ2n) is 7.73. The second kappa shape index (κ2) is 10.3. The summed E-state index contributed by atoms with van der Waals surface area (Å²) in [7, 11) is 0. The third-order valence-electron chi connectivity index (χ3n) is 5.22. The fourth-order valence-electron chi connectivity index (χ4n) is 3.51. The van der Waals surface area contributed by atoms with Crippen LogP contribution < -0.4 is 10.1 Å². The van der Waals surface area contributed by atoms with Gasteiger partial charge in [-0.2, -0.15) is 5.10 Å². The third-order valence-corrected chi connectivity index (χ3v) is 5.61. The molecule has 6 nitrogen and oxygen atoms in total. The van der Waals surface area contributed by atoms with Gasteiger partial charge in [0.05, 0.1) is 0 Å². The summed E-state index contributed by atoms with van der Waals surface area (Å²) >= 11 is 5.72. The van der Waals surface area contributed by atoms with Crippen LogP contribution in [0.4, 0.5) is 5.69 Å². The zero-order valence-electron chi connectivity index (χ0n) is 18.7. The maximum Gasteiger partial charge on any atom is 0.246 e. The summed E-state index contributed by atoms with van der Waals surface area (Å²) in [6.07, 6.45) is 0.952. The van der Waals surface area contributed by atoms with E-state index in [1.807, 2.05) is 78.2 Å². The summed E-state index contributed by atoms with van der Waals surface area (Å²) in [5.41, 5.74) is 3.93. The Bertz CT molecular complexity index is 1290. The lowest BCUT2D eigenvalue weighted by atomic mass is 10.1. The molecule has 4 aromatic rings. The molecule has 3 aromatic carbocycles. The molecule has 0 atom stereocenters. The number of hydrogen-bond donors (Lipinski definition) is 1. The summed E-state index contributed by atoms with van der Waals surface area (Å²) in [5, 5.41) is 7.55. The maximum absolute atomic E-state index is 12.7. The second-order valence-corrected chi connectivity index (χ2v) is 8.10. The molecular formula is C26H26N4O2S. The number of hydrogen-bond acceptors (Lipinski definition) is 4. The first-order chi connectivity index (χ1) is 16.0. The molecule has 1 heterocycles. The van der Waals surface area contributed by atoms with Gasteiger partial charge in [0.2, 0.25) is 10.7 Å². The van der Waals surface area contributed by atoms with Gasteiger partial charge >= 0.3 is 0 Å². The van der Waals surface area contributed by atoms with Crippen LogP contribution in [0, 0.1) is 11.7 Å². The van der Waals surface area contributed by atoms with Crippen LogP contribution in [0.25, 0.3) is 5.69 Å². The molecule has 0 spiro atoms. The first-order valence-corrected chi connectivity index (χ1v) is 11.3. The Balaban J connectivity index is 1.61. The molecule has 0 unspecified atom stereocenters. The number of amides is 1. The highest BCUT2D eigenvalue weighted by molar-refractivity contribution is 7.71. The summed E-state index contributed by atoms with van der Waals surface area (Å²) in [6, 6.07) is 25.4. The number of nitrogens with zero attached hydrogens (tertiary/aromatic N) is 3. The van der Waals surface area contributed by atoms with Crippen LogP contribution in [0.5, 0.6) is 5.75 Å². The van der Waals surface area contributed by atoms with Crippen molar-refractivity contribution in [3.63, 3.8) is 0 Å². The Morgan fingerprint density at radius 3 is 2.48 bits per heavy atom. The van der Waals surface area contributed by atoms with Crippen molar-refractivity contribution in [2.75, 3.05) is 5.32 Å². The molecule has 0 saturated heterocycles. The molecule has 0 bridgehead atoms. The molecule has 0 radical (unpaired) electrons. The SMILES string of the molecule is CCc1ccc(-n2c(COc3ccccc3)nn(CC(=O)Nc3cccc(C)c3)c2=S)cc1. The van der Waals surface area contributed by atoms with E-state index in [2.05, 4.69) is 29.5 Å². The van der Waals surface area contributed by atoms with E-state index in [0.29, 0.717) is 10.6 Å². The Labute approximate surface area is 198 Å². The average Bonchev–Trinajstić information content (AvgIpc) is 3.13. The van der Waals surface area contributed by atoms with Crippen molar-refractivity contribution in [3.05, 3.63) is 101 Å². The van der Waals surface area contributed by atoms with Gasteiger partial charge in [-0.15, -0.1) is 0 Å². The molecule has 7 heteroatoms. The predicted molar refractivity (Wildman–Crippen MR) is 132 cm³/mol. The van der Waals surface area contributed by atoms with E-state index in [9.17, 15) is 4.79 Å². The van der Waals surface area contributed by atoms with Crippen molar-refractivity contribution in [3.8, 4) is 11.4 Å². The van der Waals surface area contributed by atoms with E-state index in [1.54, 1.807) is 0 Å². The van der Waals surface area contributed by atoms with E-state index in [-0.39, 0.29) is 19.1 Å². The molecule has 168 valence electrons. The molecule has 0 saturated carbocycles.